The topological polar surface area (TPSA) is 85.3 Å². The zero-order valence-corrected chi connectivity index (χ0v) is 21.3. The zero-order valence-electron chi connectivity index (χ0n) is 20.5. The second-order valence-electron chi connectivity index (χ2n) is 8.19. The van der Waals surface area contributed by atoms with E-state index < -0.39 is 30.8 Å². The molecule has 204 valence electrons. The first-order chi connectivity index (χ1) is 17.6. The molecule has 0 aliphatic heterocycles. The Labute approximate surface area is 219 Å². The van der Waals surface area contributed by atoms with E-state index in [9.17, 15) is 27.9 Å². The maximum Gasteiger partial charge on any atom is 0.415 e. The van der Waals surface area contributed by atoms with Crippen molar-refractivity contribution in [3.63, 3.8) is 0 Å². The quantitative estimate of drug-likeness (QED) is 0.262. The monoisotopic (exact) mass is 545 g/mol. The molecule has 37 heavy (non-hydrogen) atoms. The molecule has 0 fully saturated rings. The van der Waals surface area contributed by atoms with E-state index in [0.717, 1.165) is 5.56 Å². The van der Waals surface area contributed by atoms with Crippen LogP contribution >= 0.6 is 11.6 Å². The van der Waals surface area contributed by atoms with Gasteiger partial charge < -0.3 is 24.2 Å². The van der Waals surface area contributed by atoms with Gasteiger partial charge in [-0.2, -0.15) is 13.2 Å². The lowest BCUT2D eigenvalue weighted by Crippen LogP contribution is -2.37. The van der Waals surface area contributed by atoms with Gasteiger partial charge >= 0.3 is 18.2 Å². The lowest BCUT2D eigenvalue weighted by atomic mass is 10.1. The van der Waals surface area contributed by atoms with Crippen LogP contribution < -0.4 is 9.47 Å². The number of halogens is 4. The van der Waals surface area contributed by atoms with E-state index in [0.29, 0.717) is 18.6 Å². The summed E-state index contributed by atoms with van der Waals surface area (Å²) in [6.07, 6.45) is -5.84. The number of unbranched alkanes of at least 4 members (excludes halogenated alkanes) is 2. The number of carbonyl (C=O) groups is 2. The predicted octanol–water partition coefficient (Wildman–Crippen LogP) is 6.37. The molecular formula is C26H31ClF3NO6. The smallest absolute Gasteiger partial charge is 0.415 e. The van der Waals surface area contributed by atoms with Gasteiger partial charge in [0.05, 0.1) is 11.6 Å². The van der Waals surface area contributed by atoms with Crippen molar-refractivity contribution >= 4 is 23.7 Å². The van der Waals surface area contributed by atoms with E-state index in [4.69, 9.17) is 25.8 Å². The van der Waals surface area contributed by atoms with Gasteiger partial charge in [-0.15, -0.1) is 0 Å². The fraction of sp³-hybridized carbons (Fsp3) is 0.462. The molecule has 0 aliphatic rings. The van der Waals surface area contributed by atoms with Crippen molar-refractivity contribution in [2.45, 2.75) is 51.3 Å². The fourth-order valence-corrected chi connectivity index (χ4v) is 3.59. The summed E-state index contributed by atoms with van der Waals surface area (Å²) in [5, 5.41) is 9.48. The summed E-state index contributed by atoms with van der Waals surface area (Å²) < 4.78 is 53.5. The number of carboxylic acids is 1. The minimum atomic E-state index is -4.20. The van der Waals surface area contributed by atoms with Gasteiger partial charge in [-0.1, -0.05) is 42.3 Å². The van der Waals surface area contributed by atoms with Crippen LogP contribution in [0.5, 0.6) is 11.5 Å². The number of nitrogens with zero attached hydrogens (tertiary/aromatic N) is 1. The van der Waals surface area contributed by atoms with Gasteiger partial charge in [0.1, 0.15) is 12.4 Å². The second kappa shape index (κ2) is 15.3. The van der Waals surface area contributed by atoms with Crippen LogP contribution in [0, 0.1) is 0 Å². The van der Waals surface area contributed by atoms with Crippen molar-refractivity contribution in [1.82, 2.24) is 4.90 Å². The standard InChI is InChI=1S/C26H31ClF3NO6/c1-2-35-23(24(32)33)18-19-10-12-20(13-11-19)36-17-16-31(15-7-3-6-14-26(28,29)30)25(34)37-22-9-5-4-8-21(22)27/h4-5,8-13,23H,2-3,6-7,14-18H2,1H3,(H,32,33). The number of carboxylic acid groups (broad SMARTS) is 1. The first kappa shape index (κ1) is 30.2. The van der Waals surface area contributed by atoms with Crippen LogP contribution in [0.2, 0.25) is 5.02 Å². The maximum atomic E-state index is 12.7. The molecule has 0 bridgehead atoms. The Balaban J connectivity index is 1.92. The van der Waals surface area contributed by atoms with E-state index in [2.05, 4.69) is 0 Å². The van der Waals surface area contributed by atoms with Crippen molar-refractivity contribution in [2.24, 2.45) is 0 Å². The molecule has 7 nitrogen and oxygen atoms in total. The number of para-hydroxylation sites is 1. The molecule has 1 atom stereocenters. The normalized spacial score (nSPS) is 12.1. The van der Waals surface area contributed by atoms with Gasteiger partial charge in [0.25, 0.3) is 0 Å². The first-order valence-corrected chi connectivity index (χ1v) is 12.3. The van der Waals surface area contributed by atoms with Crippen molar-refractivity contribution in [3.05, 3.63) is 59.1 Å². The van der Waals surface area contributed by atoms with Crippen LogP contribution in [0.15, 0.2) is 48.5 Å². The lowest BCUT2D eigenvalue weighted by Gasteiger charge is -2.22. The number of rotatable bonds is 15. The Hall–Kier alpha value is -2.98. The number of ether oxygens (including phenoxy) is 3. The molecule has 2 rings (SSSR count). The number of hydrogen-bond acceptors (Lipinski definition) is 5. The second-order valence-corrected chi connectivity index (χ2v) is 8.60. The molecule has 0 saturated carbocycles. The minimum Gasteiger partial charge on any atom is -0.492 e. The van der Waals surface area contributed by atoms with Crippen LogP contribution in [0.3, 0.4) is 0 Å². The van der Waals surface area contributed by atoms with Gasteiger partial charge in [-0.05, 0) is 49.6 Å². The van der Waals surface area contributed by atoms with Crippen LogP contribution in [0.1, 0.15) is 38.2 Å². The molecule has 11 heteroatoms. The van der Waals surface area contributed by atoms with E-state index >= 15 is 0 Å². The Morgan fingerprint density at radius 1 is 1.03 bits per heavy atom. The third kappa shape index (κ3) is 11.7. The highest BCUT2D eigenvalue weighted by atomic mass is 35.5. The van der Waals surface area contributed by atoms with Gasteiger partial charge in [-0.3, -0.25) is 0 Å². The summed E-state index contributed by atoms with van der Waals surface area (Å²) in [6, 6.07) is 13.3. The molecule has 0 saturated heterocycles. The molecule has 0 aromatic heterocycles. The lowest BCUT2D eigenvalue weighted by molar-refractivity contribution is -0.150. The summed E-state index contributed by atoms with van der Waals surface area (Å²) in [5.41, 5.74) is 0.761. The predicted molar refractivity (Wildman–Crippen MR) is 132 cm³/mol. The highest BCUT2D eigenvalue weighted by Crippen LogP contribution is 2.25. The molecule has 0 aliphatic carbocycles. The van der Waals surface area contributed by atoms with Crippen LogP contribution in [-0.4, -0.2) is 60.7 Å². The fourth-order valence-electron chi connectivity index (χ4n) is 3.41. The van der Waals surface area contributed by atoms with Crippen LogP contribution in [0.25, 0.3) is 0 Å². The number of amides is 1. The number of aliphatic carboxylic acids is 1. The summed E-state index contributed by atoms with van der Waals surface area (Å²) in [5.74, 6) is -0.347. The van der Waals surface area contributed by atoms with E-state index in [-0.39, 0.29) is 49.9 Å². The summed E-state index contributed by atoms with van der Waals surface area (Å²) in [4.78, 5) is 25.4. The van der Waals surface area contributed by atoms with E-state index in [1.807, 2.05) is 0 Å². The highest BCUT2D eigenvalue weighted by molar-refractivity contribution is 6.32. The number of hydrogen-bond donors (Lipinski definition) is 1. The Kier molecular flexibility index (Phi) is 12.5. The number of benzene rings is 2. The molecule has 0 spiro atoms. The third-order valence-electron chi connectivity index (χ3n) is 5.30. The molecule has 0 heterocycles. The van der Waals surface area contributed by atoms with Crippen molar-refractivity contribution < 1.29 is 42.1 Å². The number of carbonyl (C=O) groups excluding carboxylic acids is 1. The van der Waals surface area contributed by atoms with Crippen molar-refractivity contribution in [3.8, 4) is 11.5 Å². The van der Waals surface area contributed by atoms with Gasteiger partial charge in [-0.25, -0.2) is 9.59 Å². The number of alkyl halides is 3. The molecule has 1 N–H and O–H groups in total. The summed E-state index contributed by atoms with van der Waals surface area (Å²) in [7, 11) is 0. The van der Waals surface area contributed by atoms with E-state index in [1.165, 1.54) is 4.90 Å². The minimum absolute atomic E-state index is 0.0220. The first-order valence-electron chi connectivity index (χ1n) is 11.9. The van der Waals surface area contributed by atoms with Crippen molar-refractivity contribution in [2.75, 3.05) is 26.3 Å². The third-order valence-corrected chi connectivity index (χ3v) is 5.61. The SMILES string of the molecule is CCOC(Cc1ccc(OCCN(CCCCCC(F)(F)F)C(=O)Oc2ccccc2Cl)cc1)C(=O)O. The Morgan fingerprint density at radius 3 is 2.35 bits per heavy atom. The van der Waals surface area contributed by atoms with E-state index in [1.54, 1.807) is 55.5 Å². The summed E-state index contributed by atoms with van der Waals surface area (Å²) >= 11 is 6.06. The average molecular weight is 546 g/mol. The summed E-state index contributed by atoms with van der Waals surface area (Å²) in [6.45, 7) is 2.45. The largest absolute Gasteiger partial charge is 0.492 e. The van der Waals surface area contributed by atoms with Gasteiger partial charge in [0.15, 0.2) is 11.9 Å². The molecule has 1 unspecified atom stereocenters. The highest BCUT2D eigenvalue weighted by Gasteiger charge is 2.26. The van der Waals surface area contributed by atoms with Crippen LogP contribution in [0.4, 0.5) is 18.0 Å². The molecular weight excluding hydrogens is 515 g/mol. The molecule has 0 radical (unpaired) electrons. The van der Waals surface area contributed by atoms with Crippen molar-refractivity contribution in [1.29, 1.82) is 0 Å². The zero-order chi connectivity index (χ0) is 27.3. The van der Waals surface area contributed by atoms with Crippen LogP contribution in [-0.2, 0) is 16.0 Å². The average Bonchev–Trinajstić information content (AvgIpc) is 2.84. The Morgan fingerprint density at radius 2 is 1.73 bits per heavy atom. The molecule has 2 aromatic rings. The molecule has 2 aromatic carbocycles. The van der Waals surface area contributed by atoms with Gasteiger partial charge in [0, 0.05) is 26.0 Å². The maximum absolute atomic E-state index is 12.7. The Bertz CT molecular complexity index is 987. The van der Waals surface area contributed by atoms with Gasteiger partial charge in [0.2, 0.25) is 0 Å². The molecule has 1 amide bonds.